The van der Waals surface area contributed by atoms with Crippen LogP contribution in [0.2, 0.25) is 18.1 Å². The van der Waals surface area contributed by atoms with Gasteiger partial charge in [0.15, 0.2) is 7.14 Å². The molecule has 0 fully saturated rings. The molecule has 2 aromatic rings. The summed E-state index contributed by atoms with van der Waals surface area (Å²) < 4.78 is 9.32. The average molecular weight is 411 g/mol. The van der Waals surface area contributed by atoms with Gasteiger partial charge in [0.25, 0.3) is 0 Å². The van der Waals surface area contributed by atoms with E-state index in [0.717, 1.165) is 5.75 Å². The van der Waals surface area contributed by atoms with Crippen LogP contribution in [0.3, 0.4) is 0 Å². The largest absolute Gasteiger partial charge is 0.544 e. The number of halogens is 1. The molecule has 0 saturated heterocycles. The van der Waals surface area contributed by atoms with Crippen molar-refractivity contribution in [2.45, 2.75) is 38.9 Å². The van der Waals surface area contributed by atoms with Crippen molar-refractivity contribution in [1.29, 1.82) is 0 Å². The van der Waals surface area contributed by atoms with Gasteiger partial charge in [0.05, 0.1) is 0 Å². The van der Waals surface area contributed by atoms with Crippen LogP contribution in [0.1, 0.15) is 20.8 Å². The first kappa shape index (κ1) is 16.6. The maximum atomic E-state index is 6.41. The Morgan fingerprint density at radius 3 is 1.81 bits per heavy atom. The number of hydrogen-bond donors (Lipinski definition) is 0. The van der Waals surface area contributed by atoms with Crippen molar-refractivity contribution in [3.05, 3.63) is 61.7 Å². The molecule has 112 valence electrons. The summed E-state index contributed by atoms with van der Waals surface area (Å²) in [5, 5.41) is 0. The molecule has 0 radical (unpaired) electrons. The first-order valence-electron chi connectivity index (χ1n) is 7.70. The second kappa shape index (κ2) is 7.99. The van der Waals surface area contributed by atoms with E-state index < -0.39 is 8.32 Å². The van der Waals surface area contributed by atoms with Crippen molar-refractivity contribution >= 4 is 8.32 Å². The van der Waals surface area contributed by atoms with Crippen LogP contribution in [-0.4, -0.2) is 8.32 Å². The Labute approximate surface area is 140 Å². The number of rotatable bonds is 7. The van der Waals surface area contributed by atoms with Crippen LogP contribution < -0.4 is 25.6 Å². The predicted molar refractivity (Wildman–Crippen MR) is 88.1 cm³/mol. The summed E-state index contributed by atoms with van der Waals surface area (Å²) in [7, 11) is -1.54. The van der Waals surface area contributed by atoms with Crippen LogP contribution in [0.5, 0.6) is 5.75 Å². The molecule has 0 heterocycles. The maximum absolute atomic E-state index is 6.41. The monoisotopic (exact) mass is 411 g/mol. The minimum absolute atomic E-state index is 0.0737. The van der Waals surface area contributed by atoms with Gasteiger partial charge in [-0.1, -0.05) is 39.0 Å². The lowest BCUT2D eigenvalue weighted by Crippen LogP contribution is -3.61. The predicted octanol–water partition coefficient (Wildman–Crippen LogP) is 2.20. The Morgan fingerprint density at radius 1 is 0.762 bits per heavy atom. The zero-order valence-electron chi connectivity index (χ0n) is 13.1. The first-order valence-corrected chi connectivity index (χ1v) is 12.4. The van der Waals surface area contributed by atoms with Crippen LogP contribution in [0.25, 0.3) is 0 Å². The number of benzene rings is 2. The Morgan fingerprint density at radius 2 is 1.29 bits per heavy atom. The van der Waals surface area contributed by atoms with Gasteiger partial charge in [-0.15, -0.1) is 0 Å². The fraction of sp³-hybridized carbons (Fsp3) is 0.333. The molecular formula is C18H24IOSi+. The van der Waals surface area contributed by atoms with E-state index in [-0.39, 0.29) is 21.2 Å². The average Bonchev–Trinajstić information content (AvgIpc) is 2.55. The van der Waals surface area contributed by atoms with Gasteiger partial charge in [-0.05, 0) is 54.5 Å². The quantitative estimate of drug-likeness (QED) is 0.502. The summed E-state index contributed by atoms with van der Waals surface area (Å²) in [6, 6.07) is 23.2. The summed E-state index contributed by atoms with van der Waals surface area (Å²) in [6.07, 6.45) is 0. The molecule has 2 aromatic carbocycles. The molecule has 0 spiro atoms. The van der Waals surface area contributed by atoms with E-state index in [1.807, 2.05) is 0 Å². The highest BCUT2D eigenvalue weighted by molar-refractivity contribution is 6.74. The number of hydrogen-bond acceptors (Lipinski definition) is 1. The molecule has 0 aromatic heterocycles. The van der Waals surface area contributed by atoms with E-state index in [1.54, 1.807) is 0 Å². The summed E-state index contributed by atoms with van der Waals surface area (Å²) in [6.45, 7) is 6.82. The Kier molecular flexibility index (Phi) is 6.30. The van der Waals surface area contributed by atoms with Crippen LogP contribution in [0, 0.1) is 7.14 Å². The van der Waals surface area contributed by atoms with E-state index in [4.69, 9.17) is 4.43 Å². The summed E-state index contributed by atoms with van der Waals surface area (Å²) >= 11 is -0.0737. The van der Waals surface area contributed by atoms with Gasteiger partial charge in [0, 0.05) is 0 Å². The van der Waals surface area contributed by atoms with Gasteiger partial charge in [-0.2, -0.15) is 0 Å². The minimum Gasteiger partial charge on any atom is -0.544 e. The third kappa shape index (κ3) is 4.58. The summed E-state index contributed by atoms with van der Waals surface area (Å²) in [5.41, 5.74) is 0. The lowest BCUT2D eigenvalue weighted by atomic mass is 10.3. The topological polar surface area (TPSA) is 9.23 Å². The van der Waals surface area contributed by atoms with E-state index >= 15 is 0 Å². The van der Waals surface area contributed by atoms with Crippen molar-refractivity contribution in [3.63, 3.8) is 0 Å². The highest BCUT2D eigenvalue weighted by Crippen LogP contribution is 2.24. The SMILES string of the molecule is CC[Si](CC)(CC)Oc1ccc([I+]c2ccccc2)cc1. The molecule has 0 saturated carbocycles. The molecule has 3 heteroatoms. The van der Waals surface area contributed by atoms with Crippen molar-refractivity contribution in [2.75, 3.05) is 0 Å². The molecule has 0 amide bonds. The summed E-state index contributed by atoms with van der Waals surface area (Å²) in [4.78, 5) is 0. The molecule has 0 bridgehead atoms. The molecule has 2 rings (SSSR count). The summed E-state index contributed by atoms with van der Waals surface area (Å²) in [5.74, 6) is 1.06. The van der Waals surface area contributed by atoms with Gasteiger partial charge < -0.3 is 4.43 Å². The Bertz CT molecular complexity index is 527. The smallest absolute Gasteiger partial charge is 0.357 e. The van der Waals surface area contributed by atoms with E-state index in [1.165, 1.54) is 25.3 Å². The van der Waals surface area contributed by atoms with E-state index in [2.05, 4.69) is 75.4 Å². The molecule has 1 nitrogen and oxygen atoms in total. The van der Waals surface area contributed by atoms with Crippen LogP contribution >= 0.6 is 0 Å². The molecule has 0 aliphatic heterocycles. The van der Waals surface area contributed by atoms with Crippen molar-refractivity contribution in [2.24, 2.45) is 0 Å². The first-order chi connectivity index (χ1) is 10.2. The van der Waals surface area contributed by atoms with Gasteiger partial charge in [-0.25, -0.2) is 0 Å². The highest BCUT2D eigenvalue weighted by atomic mass is 127. The minimum atomic E-state index is -1.54. The van der Waals surface area contributed by atoms with Crippen LogP contribution in [0.15, 0.2) is 54.6 Å². The lowest BCUT2D eigenvalue weighted by molar-refractivity contribution is -0.597. The van der Waals surface area contributed by atoms with Crippen molar-refractivity contribution < 1.29 is 25.6 Å². The molecule has 0 aliphatic carbocycles. The fourth-order valence-electron chi connectivity index (χ4n) is 2.39. The lowest BCUT2D eigenvalue weighted by Gasteiger charge is -2.28. The standard InChI is InChI=1S/C18H24IOSi/c1-4-21(5-2,6-3)20-18-14-12-17(13-15-18)19-16-10-8-7-9-11-16/h7-15H,4-6H2,1-3H3/q+1. The van der Waals surface area contributed by atoms with Crippen molar-refractivity contribution in [3.8, 4) is 5.75 Å². The second-order valence-electron chi connectivity index (χ2n) is 5.19. The van der Waals surface area contributed by atoms with Crippen molar-refractivity contribution in [1.82, 2.24) is 0 Å². The van der Waals surface area contributed by atoms with Crippen LogP contribution in [-0.2, 0) is 0 Å². The maximum Gasteiger partial charge on any atom is 0.357 e. The zero-order chi connectivity index (χ0) is 15.1. The van der Waals surface area contributed by atoms with E-state index in [0.29, 0.717) is 0 Å². The fourth-order valence-corrected chi connectivity index (χ4v) is 7.17. The van der Waals surface area contributed by atoms with Gasteiger partial charge >= 0.3 is 21.2 Å². The Hall–Kier alpha value is -0.813. The zero-order valence-corrected chi connectivity index (χ0v) is 16.3. The molecule has 21 heavy (non-hydrogen) atoms. The third-order valence-electron chi connectivity index (χ3n) is 4.03. The van der Waals surface area contributed by atoms with E-state index in [9.17, 15) is 0 Å². The van der Waals surface area contributed by atoms with Crippen LogP contribution in [0.4, 0.5) is 0 Å². The molecule has 0 aliphatic rings. The van der Waals surface area contributed by atoms with Gasteiger partial charge in [0.2, 0.25) is 8.32 Å². The molecule has 0 unspecified atom stereocenters. The van der Waals surface area contributed by atoms with Gasteiger partial charge in [0.1, 0.15) is 5.75 Å². The molecule has 0 N–H and O–H groups in total. The second-order valence-corrected chi connectivity index (χ2v) is 12.9. The Balaban J connectivity index is 2.05. The molecule has 0 atom stereocenters. The third-order valence-corrected chi connectivity index (χ3v) is 11.3. The molecular weight excluding hydrogens is 387 g/mol. The highest BCUT2D eigenvalue weighted by Gasteiger charge is 2.30. The normalized spacial score (nSPS) is 11.4. The van der Waals surface area contributed by atoms with Gasteiger partial charge in [-0.3, -0.25) is 0 Å².